The molecule has 0 saturated heterocycles. The second-order valence-corrected chi connectivity index (χ2v) is 57.7. The first-order valence-electron chi connectivity index (χ1n) is 51.8. The van der Waals surface area contributed by atoms with Gasteiger partial charge in [-0.3, -0.25) is 0 Å². The average Bonchev–Trinajstić information content (AvgIpc) is 0.824. The van der Waals surface area contributed by atoms with E-state index >= 15 is 0 Å². The molecule has 14 saturated carbocycles. The van der Waals surface area contributed by atoms with Gasteiger partial charge >= 0.3 is 0 Å². The summed E-state index contributed by atoms with van der Waals surface area (Å²) >= 11 is 0. The lowest BCUT2D eigenvalue weighted by Gasteiger charge is -2.49. The number of hydrogen-bond donors (Lipinski definition) is 0. The van der Waals surface area contributed by atoms with Gasteiger partial charge in [-0.15, -0.1) is 0 Å². The van der Waals surface area contributed by atoms with Gasteiger partial charge in [0.05, 0.1) is 0 Å². The molecule has 0 radical (unpaired) electrons. The van der Waals surface area contributed by atoms with Gasteiger partial charge in [-0.2, -0.15) is 0 Å². The Morgan fingerprint density at radius 3 is 0.930 bits per heavy atom. The van der Waals surface area contributed by atoms with E-state index in [0.717, 1.165) is 107 Å². The summed E-state index contributed by atoms with van der Waals surface area (Å²) in [5.74, 6) is 18.3. The predicted molar refractivity (Wildman–Crippen MR) is 522 cm³/mol. The molecule has 0 aromatic rings. The molecule has 0 amide bonds. The summed E-state index contributed by atoms with van der Waals surface area (Å²) in [5, 5.41) is 0. The van der Waals surface area contributed by atoms with Crippen molar-refractivity contribution in [2.45, 2.75) is 542 Å². The van der Waals surface area contributed by atoms with Crippen LogP contribution in [0.2, 0.25) is 0 Å². The summed E-state index contributed by atoms with van der Waals surface area (Å²) in [5.41, 5.74) is 9.41. The van der Waals surface area contributed by atoms with Gasteiger partial charge in [0.15, 0.2) is 0 Å². The topological polar surface area (TPSA) is 0 Å². The zero-order valence-corrected chi connectivity index (χ0v) is 88.6. The molecule has 0 spiro atoms. The fourth-order valence-electron chi connectivity index (χ4n) is 32.4. The van der Waals surface area contributed by atoms with E-state index in [0.29, 0.717) is 86.6 Å². The smallest absolute Gasteiger partial charge is 0.0288 e. The van der Waals surface area contributed by atoms with E-state index in [9.17, 15) is 0 Å². The van der Waals surface area contributed by atoms with E-state index < -0.39 is 0 Å². The van der Waals surface area contributed by atoms with Crippen molar-refractivity contribution >= 4 is 0 Å². The van der Waals surface area contributed by atoms with Crippen molar-refractivity contribution in [3.8, 4) is 0 Å². The largest absolute Gasteiger partial charge is 0.0651 e. The van der Waals surface area contributed by atoms with Gasteiger partial charge < -0.3 is 0 Å². The quantitative estimate of drug-likeness (QED) is 0.263. The van der Waals surface area contributed by atoms with Crippen LogP contribution in [0.1, 0.15) is 542 Å². The maximum atomic E-state index is 2.46. The normalized spacial score (nSPS) is 35.3. The highest BCUT2D eigenvalue weighted by molar-refractivity contribution is 5.02. The predicted octanol–water partition coefficient (Wildman–Crippen LogP) is 39.2. The van der Waals surface area contributed by atoms with Crippen LogP contribution >= 0.6 is 0 Å². The minimum absolute atomic E-state index is 0.547. The lowest BCUT2D eigenvalue weighted by molar-refractivity contribution is 0.0202. The van der Waals surface area contributed by atoms with Gasteiger partial charge in [-0.05, 0) is 367 Å². The van der Waals surface area contributed by atoms with Gasteiger partial charge in [-0.25, -0.2) is 0 Å². The summed E-state index contributed by atoms with van der Waals surface area (Å²) < 4.78 is 0. The van der Waals surface area contributed by atoms with Crippen molar-refractivity contribution in [1.82, 2.24) is 0 Å². The van der Waals surface area contributed by atoms with Gasteiger partial charge in [0.1, 0.15) is 0 Å². The number of fused-ring (bicyclic) bond motifs is 6. The molecule has 14 aliphatic carbocycles. The van der Waals surface area contributed by atoms with E-state index in [1.165, 1.54) is 205 Å². The molecule has 14 fully saturated rings. The Labute approximate surface area is 730 Å². The van der Waals surface area contributed by atoms with Gasteiger partial charge in [0, 0.05) is 0 Å². The summed E-state index contributed by atoms with van der Waals surface area (Å²) in [6, 6.07) is 0. The summed E-state index contributed by atoms with van der Waals surface area (Å²) in [4.78, 5) is 0. The first-order chi connectivity index (χ1) is 51.8. The highest BCUT2D eigenvalue weighted by atomic mass is 14.6. The fourth-order valence-corrected chi connectivity index (χ4v) is 32.4. The van der Waals surface area contributed by atoms with Crippen molar-refractivity contribution in [2.24, 2.45) is 193 Å². The summed E-state index contributed by atoms with van der Waals surface area (Å²) in [6.07, 6.45) is 53.7. The minimum Gasteiger partial charge on any atom is -0.0651 e. The van der Waals surface area contributed by atoms with Crippen molar-refractivity contribution < 1.29 is 0 Å². The average molecular weight is 1610 g/mol. The van der Waals surface area contributed by atoms with Crippen molar-refractivity contribution in [3.63, 3.8) is 0 Å². The molecule has 14 aliphatic rings. The third-order valence-electron chi connectivity index (χ3n) is 37.6. The van der Waals surface area contributed by atoms with E-state index in [4.69, 9.17) is 0 Å². The van der Waals surface area contributed by atoms with Crippen LogP contribution in [0.25, 0.3) is 0 Å². The third kappa shape index (κ3) is 33.4. The Hall–Kier alpha value is 0. The first kappa shape index (κ1) is 107. The van der Waals surface area contributed by atoms with E-state index in [-0.39, 0.29) is 0 Å². The molecule has 11 atom stereocenters. The monoisotopic (exact) mass is 1610 g/mol. The van der Waals surface area contributed by atoms with Crippen LogP contribution in [0.4, 0.5) is 0 Å². The van der Waals surface area contributed by atoms with Crippen LogP contribution in [0.5, 0.6) is 0 Å². The van der Waals surface area contributed by atoms with Crippen LogP contribution in [0, 0.1) is 193 Å². The summed E-state index contributed by atoms with van der Waals surface area (Å²) in [6.45, 7) is 106. The maximum Gasteiger partial charge on any atom is -0.0288 e. The molecule has 10 unspecified atom stereocenters. The molecule has 0 nitrogen and oxygen atoms in total. The molecule has 14 rings (SSSR count). The van der Waals surface area contributed by atoms with E-state index in [2.05, 4.69) is 305 Å². The highest BCUT2D eigenvalue weighted by Gasteiger charge is 2.52. The highest BCUT2D eigenvalue weighted by Crippen LogP contribution is 2.62. The van der Waals surface area contributed by atoms with Crippen LogP contribution in [-0.4, -0.2) is 0 Å². The molecule has 684 valence electrons. The second kappa shape index (κ2) is 41.6. The van der Waals surface area contributed by atoms with Gasteiger partial charge in [0.2, 0.25) is 0 Å². The summed E-state index contributed by atoms with van der Waals surface area (Å²) in [7, 11) is 0. The first-order valence-corrected chi connectivity index (χ1v) is 51.8. The van der Waals surface area contributed by atoms with E-state index in [1.54, 1.807) is 32.1 Å². The van der Waals surface area contributed by atoms with Gasteiger partial charge in [-0.1, -0.05) is 369 Å². The Bertz CT molecular complexity index is 2590. The Morgan fingerprint density at radius 2 is 0.678 bits per heavy atom. The van der Waals surface area contributed by atoms with Crippen LogP contribution in [-0.2, 0) is 0 Å². The van der Waals surface area contributed by atoms with Crippen molar-refractivity contribution in [1.29, 1.82) is 0 Å². The standard InChI is InChI=1S/3C12H24.3C11H22.C10H18.2C9H16.2C9H18/c1-10(2)7-11(3,4)9-12(5,6)8-10;1-9(2)10-11(3,4)7-8-12(10,5)6;1-6-10-7-11(2,3)9-12(4,5)8-10;1-9-6-10(2,3)8-11(4,5)7-9;1-9-10(2,3)7-6-8-11(9,4)5;1-6-9-10(2,3)7-8-11(9,4)5;1-7-8-4-5-9(6-8)10(7,2)3;1-6-7(2)9-4-3-8(6)5-9;1-2-8-5-7-3-4-9(8)6-7;1-8-4-6-9(2,3)7-5-8;1-8-6-4-5-7-9(8,2)3/h7-9H2,1-6H3;9-10H,7-8H2,1-6H3;10H,6-9H2,1-5H3;3*9H,6-8H2,1-5H3;7-9H,4-6H2,1-3H3;6-9H,3-5H2,1-2H3;7-9H,2-6H2,1H3;2*8H,4-7H2,1-3H3/t;;;;;;;;;;8-/m..........1/s1. The molecular formula is C115H224. The Kier molecular flexibility index (Phi) is 38.9. The molecule has 0 N–H and O–H groups in total. The van der Waals surface area contributed by atoms with Crippen LogP contribution in [0.15, 0.2) is 0 Å². The lowest BCUT2D eigenvalue weighted by Crippen LogP contribution is -2.38. The molecule has 0 aromatic heterocycles. The number of hydrogen-bond acceptors (Lipinski definition) is 0. The van der Waals surface area contributed by atoms with Crippen LogP contribution in [0.3, 0.4) is 0 Å². The lowest BCUT2D eigenvalue weighted by atomic mass is 9.56. The van der Waals surface area contributed by atoms with Crippen molar-refractivity contribution in [2.75, 3.05) is 0 Å². The molecule has 0 aliphatic heterocycles. The maximum absolute atomic E-state index is 2.46. The Balaban J connectivity index is 0.000000267. The fraction of sp³-hybridized carbons (Fsp3) is 1.00. The van der Waals surface area contributed by atoms with E-state index in [1.807, 2.05) is 0 Å². The van der Waals surface area contributed by atoms with Crippen molar-refractivity contribution in [3.05, 3.63) is 0 Å². The van der Waals surface area contributed by atoms with Crippen LogP contribution < -0.4 is 0 Å². The zero-order chi connectivity index (χ0) is 88.6. The molecule has 6 bridgehead atoms. The molecular weight excluding hydrogens is 1380 g/mol. The minimum atomic E-state index is 0.547. The third-order valence-corrected chi connectivity index (χ3v) is 37.6. The molecule has 0 heterocycles. The molecule has 115 heavy (non-hydrogen) atoms. The molecule has 0 heteroatoms. The number of rotatable bonds is 4. The SMILES string of the molecule is CC(C)C1C(C)(C)CCC1(C)C.CC1(C)CC(C)(C)CC(C)(C)C1.CC1C(C)(C)CCCC1(C)C.CC1C2CCC(C2)C1(C)C.CC1C2CCC(C2)C1C.CC1CC(C)(C)CC(C)(C)C1.CC1CCC(C)(C)CC1.CCC1C(C)(C)CCC1(C)C.CCC1CC(C)(C)CC(C)(C)C1.CCC1CC2CCC1C2.C[C@@H]1CCCCC1(C)C. The second-order valence-electron chi connectivity index (χ2n) is 57.7. The zero-order valence-electron chi connectivity index (χ0n) is 88.6. The van der Waals surface area contributed by atoms with Gasteiger partial charge in [0.25, 0.3) is 0 Å². The Morgan fingerprint density at radius 1 is 0.287 bits per heavy atom. The molecule has 0 aromatic carbocycles.